The van der Waals surface area contributed by atoms with Crippen molar-refractivity contribution in [3.63, 3.8) is 0 Å². The number of hydrogen-bond donors (Lipinski definition) is 1. The van der Waals surface area contributed by atoms with Crippen LogP contribution in [-0.2, 0) is 0 Å². The molecule has 0 saturated carbocycles. The Labute approximate surface area is 88.4 Å². The van der Waals surface area contributed by atoms with E-state index in [0.29, 0.717) is 0 Å². The van der Waals surface area contributed by atoms with Gasteiger partial charge in [0.2, 0.25) is 0 Å². The summed E-state index contributed by atoms with van der Waals surface area (Å²) < 4.78 is 1.71. The van der Waals surface area contributed by atoms with Crippen LogP contribution in [0, 0.1) is 0 Å². The predicted molar refractivity (Wildman–Crippen MR) is 57.5 cm³/mol. The van der Waals surface area contributed by atoms with Gasteiger partial charge in [0.15, 0.2) is 0 Å². The van der Waals surface area contributed by atoms with Crippen molar-refractivity contribution in [2.45, 2.75) is 0 Å². The van der Waals surface area contributed by atoms with Crippen LogP contribution in [0.25, 0.3) is 15.9 Å². The van der Waals surface area contributed by atoms with Gasteiger partial charge < -0.3 is 5.11 Å². The van der Waals surface area contributed by atoms with Crippen LogP contribution >= 0.6 is 11.3 Å². The smallest absolute Gasteiger partial charge is 0.352 e. The first-order valence-corrected chi connectivity index (χ1v) is 5.22. The van der Waals surface area contributed by atoms with Crippen LogP contribution < -0.4 is 0 Å². The number of aromatic carboxylic acids is 1. The zero-order chi connectivity index (χ0) is 10.4. The van der Waals surface area contributed by atoms with E-state index >= 15 is 0 Å². The van der Waals surface area contributed by atoms with Crippen LogP contribution in [0.1, 0.15) is 10.5 Å². The molecule has 3 aromatic heterocycles. The SMILES string of the molecule is O=C(O)c1ccc2cnc3sccc3n12. The van der Waals surface area contributed by atoms with Gasteiger partial charge in [0.25, 0.3) is 0 Å². The normalized spacial score (nSPS) is 11.2. The lowest BCUT2D eigenvalue weighted by Crippen LogP contribution is -2.01. The van der Waals surface area contributed by atoms with Gasteiger partial charge in [-0.2, -0.15) is 0 Å². The Hall–Kier alpha value is -1.88. The molecule has 0 atom stereocenters. The topological polar surface area (TPSA) is 54.6 Å². The van der Waals surface area contributed by atoms with Crippen molar-refractivity contribution in [2.24, 2.45) is 0 Å². The van der Waals surface area contributed by atoms with Gasteiger partial charge in [-0.3, -0.25) is 4.40 Å². The fraction of sp³-hybridized carbons (Fsp3) is 0. The highest BCUT2D eigenvalue weighted by Crippen LogP contribution is 2.22. The summed E-state index contributed by atoms with van der Waals surface area (Å²) in [4.78, 5) is 16.1. The van der Waals surface area contributed by atoms with Gasteiger partial charge in [-0.05, 0) is 23.6 Å². The van der Waals surface area contributed by atoms with Gasteiger partial charge in [0.1, 0.15) is 10.5 Å². The third-order valence-corrected chi connectivity index (χ3v) is 3.12. The quantitative estimate of drug-likeness (QED) is 0.681. The van der Waals surface area contributed by atoms with E-state index in [1.54, 1.807) is 22.7 Å². The minimum atomic E-state index is -0.923. The third kappa shape index (κ3) is 1.07. The molecule has 0 aliphatic heterocycles. The van der Waals surface area contributed by atoms with E-state index in [1.807, 2.05) is 11.4 Å². The van der Waals surface area contributed by atoms with Crippen molar-refractivity contribution in [3.05, 3.63) is 35.5 Å². The molecule has 5 heteroatoms. The van der Waals surface area contributed by atoms with E-state index in [1.165, 1.54) is 11.3 Å². The molecule has 3 rings (SSSR count). The fourth-order valence-corrected chi connectivity index (χ4v) is 2.39. The molecular weight excluding hydrogens is 212 g/mol. The Kier molecular flexibility index (Phi) is 1.58. The molecule has 3 aromatic rings. The van der Waals surface area contributed by atoms with E-state index in [-0.39, 0.29) is 5.69 Å². The van der Waals surface area contributed by atoms with Gasteiger partial charge in [-0.25, -0.2) is 9.78 Å². The van der Waals surface area contributed by atoms with Crippen LogP contribution in [0.2, 0.25) is 0 Å². The summed E-state index contributed by atoms with van der Waals surface area (Å²) in [6, 6.07) is 5.23. The van der Waals surface area contributed by atoms with E-state index in [4.69, 9.17) is 5.11 Å². The summed E-state index contributed by atoms with van der Waals surface area (Å²) in [5.74, 6) is -0.923. The predicted octanol–water partition coefficient (Wildman–Crippen LogP) is 2.25. The van der Waals surface area contributed by atoms with Crippen molar-refractivity contribution in [3.8, 4) is 0 Å². The summed E-state index contributed by atoms with van der Waals surface area (Å²) in [6.45, 7) is 0. The van der Waals surface area contributed by atoms with Crippen molar-refractivity contribution >= 4 is 33.2 Å². The van der Waals surface area contributed by atoms with Crippen LogP contribution in [-0.4, -0.2) is 20.5 Å². The molecule has 0 fully saturated rings. The summed E-state index contributed by atoms with van der Waals surface area (Å²) in [5.41, 5.74) is 1.93. The lowest BCUT2D eigenvalue weighted by molar-refractivity contribution is 0.0690. The Morgan fingerprint density at radius 2 is 2.27 bits per heavy atom. The second-order valence-electron chi connectivity index (χ2n) is 3.15. The molecule has 0 saturated heterocycles. The van der Waals surface area contributed by atoms with Gasteiger partial charge in [-0.1, -0.05) is 0 Å². The number of hydrogen-bond acceptors (Lipinski definition) is 3. The molecule has 0 aliphatic rings. The highest BCUT2D eigenvalue weighted by Gasteiger charge is 2.12. The average molecular weight is 218 g/mol. The van der Waals surface area contributed by atoms with E-state index in [9.17, 15) is 4.79 Å². The zero-order valence-corrected chi connectivity index (χ0v) is 8.36. The number of carboxylic acid groups (broad SMARTS) is 1. The molecule has 15 heavy (non-hydrogen) atoms. The maximum Gasteiger partial charge on any atom is 0.352 e. The molecule has 1 N–H and O–H groups in total. The fourth-order valence-electron chi connectivity index (χ4n) is 1.68. The first-order chi connectivity index (χ1) is 7.27. The molecule has 0 amide bonds. The van der Waals surface area contributed by atoms with Crippen molar-refractivity contribution in [2.75, 3.05) is 0 Å². The number of rotatable bonds is 1. The molecule has 0 aromatic carbocycles. The number of carbonyl (C=O) groups is 1. The van der Waals surface area contributed by atoms with Crippen molar-refractivity contribution in [1.82, 2.24) is 9.38 Å². The van der Waals surface area contributed by atoms with E-state index in [2.05, 4.69) is 4.98 Å². The van der Waals surface area contributed by atoms with E-state index in [0.717, 1.165) is 15.9 Å². The number of fused-ring (bicyclic) bond motifs is 3. The number of nitrogens with zero attached hydrogens (tertiary/aromatic N) is 2. The molecule has 0 bridgehead atoms. The monoisotopic (exact) mass is 218 g/mol. The van der Waals surface area contributed by atoms with Crippen LogP contribution in [0.15, 0.2) is 29.8 Å². The number of thiophene rings is 1. The van der Waals surface area contributed by atoms with Crippen molar-refractivity contribution < 1.29 is 9.90 Å². The second-order valence-corrected chi connectivity index (χ2v) is 4.05. The van der Waals surface area contributed by atoms with Gasteiger partial charge in [0, 0.05) is 0 Å². The molecule has 0 unspecified atom stereocenters. The van der Waals surface area contributed by atoms with E-state index < -0.39 is 5.97 Å². The van der Waals surface area contributed by atoms with Gasteiger partial charge in [-0.15, -0.1) is 11.3 Å². The van der Waals surface area contributed by atoms with Crippen LogP contribution in [0.4, 0.5) is 0 Å². The maximum atomic E-state index is 11.0. The van der Waals surface area contributed by atoms with Gasteiger partial charge >= 0.3 is 5.97 Å². The molecular formula is C10H6N2O2S. The summed E-state index contributed by atoms with van der Waals surface area (Å²) in [5, 5.41) is 10.9. The Morgan fingerprint density at radius 1 is 1.40 bits per heavy atom. The Bertz CT molecular complexity index is 668. The third-order valence-electron chi connectivity index (χ3n) is 2.31. The summed E-state index contributed by atoms with van der Waals surface area (Å²) in [7, 11) is 0. The second kappa shape index (κ2) is 2.80. The average Bonchev–Trinajstić information content (AvgIpc) is 2.82. The minimum absolute atomic E-state index is 0.274. The van der Waals surface area contributed by atoms with Gasteiger partial charge in [0.05, 0.1) is 17.2 Å². The first kappa shape index (κ1) is 8.43. The zero-order valence-electron chi connectivity index (χ0n) is 7.54. The highest BCUT2D eigenvalue weighted by molar-refractivity contribution is 7.16. The summed E-state index contributed by atoms with van der Waals surface area (Å²) in [6.07, 6.45) is 1.69. The Morgan fingerprint density at radius 3 is 3.07 bits per heavy atom. The molecule has 0 aliphatic carbocycles. The first-order valence-electron chi connectivity index (χ1n) is 4.34. The van der Waals surface area contributed by atoms with Crippen LogP contribution in [0.5, 0.6) is 0 Å². The molecule has 0 radical (unpaired) electrons. The number of carboxylic acids is 1. The maximum absolute atomic E-state index is 11.0. The highest BCUT2D eigenvalue weighted by atomic mass is 32.1. The lowest BCUT2D eigenvalue weighted by Gasteiger charge is -1.99. The largest absolute Gasteiger partial charge is 0.477 e. The summed E-state index contributed by atoms with van der Waals surface area (Å²) >= 11 is 1.50. The Balaban J connectivity index is 2.57. The van der Waals surface area contributed by atoms with Crippen LogP contribution in [0.3, 0.4) is 0 Å². The lowest BCUT2D eigenvalue weighted by atomic mass is 10.4. The minimum Gasteiger partial charge on any atom is -0.477 e. The molecule has 0 spiro atoms. The number of aromatic nitrogens is 2. The molecule has 3 heterocycles. The molecule has 4 nitrogen and oxygen atoms in total. The van der Waals surface area contributed by atoms with Crippen molar-refractivity contribution in [1.29, 1.82) is 0 Å². The molecule has 74 valence electrons. The standard InChI is InChI=1S/C10H6N2O2S/c13-10(14)8-2-1-6-5-11-9-7(12(6)8)3-4-15-9/h1-5H,(H,13,14).